The van der Waals surface area contributed by atoms with Crippen LogP contribution in [-0.2, 0) is 76.0 Å². The average Bonchev–Trinajstić information content (AvgIpc) is 0.901. The number of unbranched alkanes of at least 4 members (excludes halogenated alkanes) is 1. The van der Waals surface area contributed by atoms with E-state index in [4.69, 9.17) is 29.0 Å². The Labute approximate surface area is 573 Å². The lowest BCUT2D eigenvalue weighted by molar-refractivity contribution is -0.271. The third kappa shape index (κ3) is 15.5. The number of hydrogen-bond acceptors (Lipinski definition) is 21. The van der Waals surface area contributed by atoms with E-state index in [1.165, 1.54) is 23.5 Å². The maximum atomic E-state index is 14.2. The van der Waals surface area contributed by atoms with E-state index in [1.807, 2.05) is 52.9 Å². The van der Waals surface area contributed by atoms with Crippen molar-refractivity contribution in [3.05, 3.63) is 130 Å². The van der Waals surface area contributed by atoms with Crippen molar-refractivity contribution in [2.24, 2.45) is 16.2 Å². The van der Waals surface area contributed by atoms with Crippen molar-refractivity contribution >= 4 is 84.3 Å². The molecule has 4 aliphatic carbocycles. The van der Waals surface area contributed by atoms with Gasteiger partial charge in [0.05, 0.1) is 34.4 Å². The number of carbonyl (C=O) groups is 7. The minimum atomic E-state index is -4.60. The van der Waals surface area contributed by atoms with Gasteiger partial charge in [-0.1, -0.05) is 61.6 Å². The van der Waals surface area contributed by atoms with E-state index in [2.05, 4.69) is 29.5 Å². The molecule has 0 radical (unpaired) electrons. The van der Waals surface area contributed by atoms with Gasteiger partial charge in [-0.2, -0.15) is 13.5 Å². The number of pyridine rings is 1. The normalized spacial score (nSPS) is 25.4. The van der Waals surface area contributed by atoms with Crippen LogP contribution < -0.4 is 20.3 Å². The number of amides is 5. The summed E-state index contributed by atoms with van der Waals surface area (Å²) < 4.78 is 61.4. The van der Waals surface area contributed by atoms with Gasteiger partial charge in [-0.3, -0.25) is 38.6 Å². The molecule has 30 heteroatoms. The summed E-state index contributed by atoms with van der Waals surface area (Å²) in [4.78, 5) is 103. The molecule has 6 heterocycles. The van der Waals surface area contributed by atoms with Crippen molar-refractivity contribution in [3.63, 3.8) is 0 Å². The van der Waals surface area contributed by atoms with E-state index >= 15 is 0 Å². The van der Waals surface area contributed by atoms with Crippen molar-refractivity contribution in [2.45, 2.75) is 147 Å². The lowest BCUT2D eigenvalue weighted by Gasteiger charge is -2.69. The molecule has 5 amide bonds. The molecule has 526 valence electrons. The Bertz CT molecular complexity index is 4240. The SMILES string of the molecule is Cc1c(-c2ccc(N3CCc4cccc(C(=O)Nc5nc6ccccc6s5)c4C3)nc2C(=O)O)cnn1CC12CC3(C)CC(C)(C1)CC(OCCN(CCS(=O)(=O)O)C(=O)OCc1ccc(CCCCNC(=O)CCN4C(=O)C=CC4=O)cc1O[C@@H]1O[C@H](C(=O)O)[C@@H](O)[C@H](O)[C@H]1O)(C3)C2. The molecule has 7 atom stereocenters. The number of fused-ring (bicyclic) bond motifs is 2. The van der Waals surface area contributed by atoms with Crippen molar-refractivity contribution < 1.29 is 91.0 Å². The third-order valence-corrected chi connectivity index (χ3v) is 21.5. The first-order valence-electron chi connectivity index (χ1n) is 32.9. The number of imide groups is 1. The van der Waals surface area contributed by atoms with Gasteiger partial charge in [-0.15, -0.1) is 0 Å². The van der Waals surface area contributed by atoms with Crippen molar-refractivity contribution in [1.82, 2.24) is 34.9 Å². The Morgan fingerprint density at radius 2 is 1.61 bits per heavy atom. The maximum absolute atomic E-state index is 14.2. The van der Waals surface area contributed by atoms with Crippen LogP contribution in [0.15, 0.2) is 91.1 Å². The molecule has 2 unspecified atom stereocenters. The number of aromatic carboxylic acids is 1. The van der Waals surface area contributed by atoms with Crippen LogP contribution in [0, 0.1) is 23.2 Å². The summed E-state index contributed by atoms with van der Waals surface area (Å²) >= 11 is 1.39. The molecular weight excluding hydrogens is 1320 g/mol. The number of aliphatic hydroxyl groups excluding tert-OH is 3. The summed E-state index contributed by atoms with van der Waals surface area (Å²) in [5.41, 5.74) is 4.19. The first kappa shape index (κ1) is 70.1. The van der Waals surface area contributed by atoms with E-state index in [9.17, 15) is 72.1 Å². The van der Waals surface area contributed by atoms with E-state index in [0.717, 1.165) is 68.3 Å². The van der Waals surface area contributed by atoms with E-state index in [-0.39, 0.29) is 77.7 Å². The average molecular weight is 1400 g/mol. The Hall–Kier alpha value is -8.75. The number of anilines is 2. The fraction of sp³-hybridized carbons (Fsp3) is 0.478. The number of para-hydroxylation sites is 1. The fourth-order valence-electron chi connectivity index (χ4n) is 16.4. The molecule has 3 aliphatic heterocycles. The number of hydrogen-bond donors (Lipinski definition) is 8. The number of rotatable bonds is 27. The zero-order valence-corrected chi connectivity index (χ0v) is 56.5. The van der Waals surface area contributed by atoms with Crippen molar-refractivity contribution in [2.75, 3.05) is 55.3 Å². The van der Waals surface area contributed by atoms with Gasteiger partial charge < -0.3 is 59.6 Å². The van der Waals surface area contributed by atoms with Gasteiger partial charge in [0, 0.05) is 92.3 Å². The first-order chi connectivity index (χ1) is 47.1. The second-order valence-corrected chi connectivity index (χ2v) is 30.4. The summed E-state index contributed by atoms with van der Waals surface area (Å²) in [6, 6.07) is 21.6. The summed E-state index contributed by atoms with van der Waals surface area (Å²) in [6.07, 6.45) is -0.262. The Kier molecular flexibility index (Phi) is 19.9. The minimum Gasteiger partial charge on any atom is -0.479 e. The van der Waals surface area contributed by atoms with E-state index in [1.54, 1.807) is 30.5 Å². The van der Waals surface area contributed by atoms with Crippen LogP contribution in [0.25, 0.3) is 21.3 Å². The molecule has 7 aliphatic rings. The highest BCUT2D eigenvalue weighted by molar-refractivity contribution is 7.85. The number of ether oxygens (including phenoxy) is 4. The summed E-state index contributed by atoms with van der Waals surface area (Å²) in [7, 11) is -4.60. The Morgan fingerprint density at radius 3 is 2.33 bits per heavy atom. The van der Waals surface area contributed by atoms with Gasteiger partial charge >= 0.3 is 18.0 Å². The molecule has 8 N–H and O–H groups in total. The highest BCUT2D eigenvalue weighted by atomic mass is 32.2. The minimum absolute atomic E-state index is 0.0545. The van der Waals surface area contributed by atoms with Gasteiger partial charge in [0.25, 0.3) is 27.8 Å². The zero-order chi connectivity index (χ0) is 70.3. The van der Waals surface area contributed by atoms with Crippen LogP contribution >= 0.6 is 11.3 Å². The lowest BCUT2D eigenvalue weighted by Crippen LogP contribution is -2.64. The molecule has 0 spiro atoms. The molecule has 4 saturated carbocycles. The summed E-state index contributed by atoms with van der Waals surface area (Å²) in [6.45, 7) is 6.74. The predicted molar refractivity (Wildman–Crippen MR) is 357 cm³/mol. The second-order valence-electron chi connectivity index (χ2n) is 27.8. The van der Waals surface area contributed by atoms with E-state index < -0.39 is 95.2 Å². The van der Waals surface area contributed by atoms with Gasteiger partial charge in [0.1, 0.15) is 36.5 Å². The van der Waals surface area contributed by atoms with E-state index in [0.29, 0.717) is 97.8 Å². The van der Waals surface area contributed by atoms with Gasteiger partial charge in [-0.25, -0.2) is 24.4 Å². The summed E-state index contributed by atoms with van der Waals surface area (Å²) in [5.74, 6) is -4.97. The molecule has 3 aromatic carbocycles. The van der Waals surface area contributed by atoms with Gasteiger partial charge in [-0.05, 0) is 140 Å². The van der Waals surface area contributed by atoms with Gasteiger partial charge in [0.15, 0.2) is 16.9 Å². The zero-order valence-electron chi connectivity index (χ0n) is 54.8. The highest BCUT2D eigenvalue weighted by Crippen LogP contribution is 2.72. The molecule has 3 aromatic heterocycles. The number of carboxylic acid groups (broad SMARTS) is 2. The van der Waals surface area contributed by atoms with Gasteiger partial charge in [0.2, 0.25) is 12.2 Å². The van der Waals surface area contributed by atoms with Crippen LogP contribution in [0.2, 0.25) is 0 Å². The number of aliphatic carboxylic acids is 1. The number of aliphatic hydroxyl groups is 3. The van der Waals surface area contributed by atoms with Crippen LogP contribution in [0.4, 0.5) is 15.7 Å². The number of aromatic nitrogens is 4. The molecule has 6 aromatic rings. The molecule has 28 nitrogen and oxygen atoms in total. The number of aryl methyl sites for hydroxylation is 1. The first-order valence-corrected chi connectivity index (χ1v) is 35.3. The highest BCUT2D eigenvalue weighted by Gasteiger charge is 2.66. The third-order valence-electron chi connectivity index (χ3n) is 19.8. The maximum Gasteiger partial charge on any atom is 0.410 e. The lowest BCUT2D eigenvalue weighted by atomic mass is 9.39. The Balaban J connectivity index is 0.706. The smallest absolute Gasteiger partial charge is 0.410 e. The van der Waals surface area contributed by atoms with Crippen LogP contribution in [0.1, 0.15) is 120 Å². The fourth-order valence-corrected chi connectivity index (χ4v) is 17.8. The molecule has 5 fully saturated rings. The number of benzene rings is 3. The summed E-state index contributed by atoms with van der Waals surface area (Å²) in [5, 5.41) is 63.6. The number of carbonyl (C=O) groups excluding carboxylic acids is 5. The largest absolute Gasteiger partial charge is 0.479 e. The molecule has 99 heavy (non-hydrogen) atoms. The quantitative estimate of drug-likeness (QED) is 0.0165. The Morgan fingerprint density at radius 1 is 0.848 bits per heavy atom. The molecule has 4 bridgehead atoms. The number of nitrogens with zero attached hydrogens (tertiary/aromatic N) is 7. The molecular formula is C69H79N9O19S2. The number of carboxylic acids is 2. The molecule has 13 rings (SSSR count). The van der Waals surface area contributed by atoms with Crippen molar-refractivity contribution in [3.8, 4) is 16.9 Å². The number of thiazole rings is 1. The molecule has 1 saturated heterocycles. The topological polar surface area (TPSA) is 389 Å². The standard InChI is InChI=1S/C69H79N9O19S2/c1-40-46(44-16-17-51(73-55(44)61(86)87)76-23-20-42-10-8-11-45(47(42)31-76)60(85)74-64-72-48-12-4-5-13-50(48)98-64)30-71-78(40)39-68-34-66(2)33-67(3,35-68)37-69(36-66,38-68)95-27-25-75(26-28-99(91,92)93)65(90)94-32-43-15-14-41(9-6-7-22-70-52(79)21-24-77-53(80)18-19-54(77)81)29-49(43)96-63-58(84)56(82)57(83)59(97-63)62(88)89/h4-5,8,10-19,29-30,56-59,63,82-84H,6-7,9,20-28,31-39H2,1-3H3,(H,70,79)(H,86,87)(H,88,89)(H,72,74,85)(H,91,92,93)/t56-,57-,58+,59-,63+,66?,67?,68?,69?/m0/s1. The van der Waals surface area contributed by atoms with Crippen LogP contribution in [-0.4, -0.2) is 191 Å². The monoisotopic (exact) mass is 1400 g/mol. The van der Waals surface area contributed by atoms with Crippen LogP contribution in [0.3, 0.4) is 0 Å². The number of nitrogens with one attached hydrogen (secondary N) is 2. The van der Waals surface area contributed by atoms with Crippen molar-refractivity contribution in [1.29, 1.82) is 0 Å². The predicted octanol–water partition coefficient (Wildman–Crippen LogP) is 6.06. The second kappa shape index (κ2) is 28.1. The van der Waals surface area contributed by atoms with Crippen LogP contribution in [0.5, 0.6) is 5.75 Å².